The van der Waals surface area contributed by atoms with Crippen molar-refractivity contribution in [2.75, 3.05) is 20.3 Å². The molecular formula is C21H26N2O6S2. The van der Waals surface area contributed by atoms with Gasteiger partial charge in [-0.2, -0.15) is 0 Å². The number of carbonyl (C=O) groups excluding carboxylic acids is 2. The first-order valence-electron chi connectivity index (χ1n) is 9.76. The molecule has 8 nitrogen and oxygen atoms in total. The van der Waals surface area contributed by atoms with E-state index >= 15 is 0 Å². The Hall–Kier alpha value is -2.59. The average molecular weight is 467 g/mol. The average Bonchev–Trinajstić information content (AvgIpc) is 2.97. The molecule has 1 unspecified atom stereocenters. The Morgan fingerprint density at radius 2 is 2.03 bits per heavy atom. The van der Waals surface area contributed by atoms with Crippen molar-refractivity contribution in [3.8, 4) is 11.5 Å². The van der Waals surface area contributed by atoms with Crippen molar-refractivity contribution in [1.82, 2.24) is 10.2 Å². The second-order valence-corrected chi connectivity index (χ2v) is 8.73. The molecule has 1 atom stereocenters. The number of methoxy groups -OCH3 is 1. The molecule has 0 aliphatic carbocycles. The van der Waals surface area contributed by atoms with Crippen molar-refractivity contribution in [3.05, 3.63) is 28.7 Å². The summed E-state index contributed by atoms with van der Waals surface area (Å²) in [7, 11) is 1.54. The third-order valence-corrected chi connectivity index (χ3v) is 5.85. The maximum Gasteiger partial charge on any atom is 0.326 e. The van der Waals surface area contributed by atoms with E-state index < -0.39 is 17.9 Å². The monoisotopic (exact) mass is 466 g/mol. The van der Waals surface area contributed by atoms with Crippen LogP contribution in [0.2, 0.25) is 0 Å². The van der Waals surface area contributed by atoms with Gasteiger partial charge in [-0.05, 0) is 36.6 Å². The van der Waals surface area contributed by atoms with Gasteiger partial charge in [0.15, 0.2) is 11.5 Å². The first kappa shape index (κ1) is 24.7. The number of carbonyl (C=O) groups is 3. The summed E-state index contributed by atoms with van der Waals surface area (Å²) in [5.41, 5.74) is 0.750. The number of ether oxygens (including phenoxy) is 2. The summed E-state index contributed by atoms with van der Waals surface area (Å²) in [5.74, 6) is -0.929. The van der Waals surface area contributed by atoms with Crippen LogP contribution in [0, 0.1) is 5.92 Å². The zero-order valence-corrected chi connectivity index (χ0v) is 19.5. The Morgan fingerprint density at radius 3 is 2.61 bits per heavy atom. The molecule has 1 heterocycles. The third kappa shape index (κ3) is 6.44. The molecule has 0 spiro atoms. The summed E-state index contributed by atoms with van der Waals surface area (Å²) in [5, 5.41) is 11.7. The van der Waals surface area contributed by atoms with Crippen molar-refractivity contribution >= 4 is 52.2 Å². The summed E-state index contributed by atoms with van der Waals surface area (Å²) in [4.78, 5) is 37.9. The normalized spacial score (nSPS) is 16.0. The van der Waals surface area contributed by atoms with Crippen molar-refractivity contribution in [2.45, 2.75) is 33.2 Å². The van der Waals surface area contributed by atoms with Gasteiger partial charge in [-0.25, -0.2) is 4.79 Å². The number of nitrogens with one attached hydrogen (secondary N) is 1. The smallest absolute Gasteiger partial charge is 0.326 e. The standard InChI is InChI=1S/C21H26N2O6S2/c1-5-29-14-7-6-13(10-15(14)28-4)11-16-19(25)23(21(30)31-16)9-8-17(24)22-18(12(2)3)20(26)27/h6-7,10-12,18H,5,8-9H2,1-4H3,(H,22,24)(H,26,27)/b16-11+. The molecule has 168 valence electrons. The van der Waals surface area contributed by atoms with E-state index in [4.69, 9.17) is 21.7 Å². The van der Waals surface area contributed by atoms with Gasteiger partial charge in [-0.1, -0.05) is 43.9 Å². The molecule has 0 radical (unpaired) electrons. The summed E-state index contributed by atoms with van der Waals surface area (Å²) >= 11 is 6.45. The van der Waals surface area contributed by atoms with Crippen LogP contribution in [0.5, 0.6) is 11.5 Å². The summed E-state index contributed by atoms with van der Waals surface area (Å²) in [6.07, 6.45) is 1.66. The van der Waals surface area contributed by atoms with E-state index in [1.54, 1.807) is 39.2 Å². The first-order chi connectivity index (χ1) is 14.7. The van der Waals surface area contributed by atoms with E-state index in [-0.39, 0.29) is 24.8 Å². The Kier molecular flexibility index (Phi) is 8.88. The lowest BCUT2D eigenvalue weighted by atomic mass is 10.0. The van der Waals surface area contributed by atoms with Gasteiger partial charge in [-0.15, -0.1) is 0 Å². The first-order valence-corrected chi connectivity index (χ1v) is 11.0. The Labute approximate surface area is 191 Å². The number of hydrogen-bond acceptors (Lipinski definition) is 7. The molecule has 2 N–H and O–H groups in total. The van der Waals surface area contributed by atoms with Crippen LogP contribution in [0.25, 0.3) is 6.08 Å². The number of nitrogens with zero attached hydrogens (tertiary/aromatic N) is 1. The number of thioether (sulfide) groups is 1. The van der Waals surface area contributed by atoms with Crippen molar-refractivity contribution in [3.63, 3.8) is 0 Å². The van der Waals surface area contributed by atoms with Crippen LogP contribution in [0.4, 0.5) is 0 Å². The minimum atomic E-state index is -1.09. The molecule has 1 aliphatic rings. The Morgan fingerprint density at radius 1 is 1.32 bits per heavy atom. The van der Waals surface area contributed by atoms with Gasteiger partial charge in [0.2, 0.25) is 5.91 Å². The lowest BCUT2D eigenvalue weighted by Crippen LogP contribution is -2.45. The van der Waals surface area contributed by atoms with Crippen molar-refractivity contribution < 1.29 is 29.0 Å². The topological polar surface area (TPSA) is 105 Å². The summed E-state index contributed by atoms with van der Waals surface area (Å²) < 4.78 is 11.2. The molecule has 0 aromatic heterocycles. The second kappa shape index (κ2) is 11.1. The van der Waals surface area contributed by atoms with Crippen LogP contribution < -0.4 is 14.8 Å². The SMILES string of the molecule is CCOc1ccc(/C=C2/SC(=S)N(CCC(=O)NC(C(=O)O)C(C)C)C2=O)cc1OC. The largest absolute Gasteiger partial charge is 0.493 e. The lowest BCUT2D eigenvalue weighted by molar-refractivity contribution is -0.143. The lowest BCUT2D eigenvalue weighted by Gasteiger charge is -2.19. The van der Waals surface area contributed by atoms with Crippen molar-refractivity contribution in [1.29, 1.82) is 0 Å². The number of benzene rings is 1. The zero-order valence-electron chi connectivity index (χ0n) is 17.8. The molecule has 1 fully saturated rings. The van der Waals surface area contributed by atoms with Crippen LogP contribution in [0.1, 0.15) is 32.8 Å². The number of aliphatic carboxylic acids is 1. The van der Waals surface area contributed by atoms with Crippen molar-refractivity contribution in [2.24, 2.45) is 5.92 Å². The zero-order chi connectivity index (χ0) is 23.1. The Balaban J connectivity index is 2.05. The summed E-state index contributed by atoms with van der Waals surface area (Å²) in [6.45, 7) is 5.88. The fourth-order valence-corrected chi connectivity index (χ4v) is 4.17. The highest BCUT2D eigenvalue weighted by Gasteiger charge is 2.32. The van der Waals surface area contributed by atoms with E-state index in [0.29, 0.717) is 27.3 Å². The van der Waals surface area contributed by atoms with Crippen LogP contribution >= 0.6 is 24.0 Å². The molecule has 1 aromatic carbocycles. The van der Waals surface area contributed by atoms with E-state index in [2.05, 4.69) is 5.32 Å². The number of carboxylic acids is 1. The van der Waals surface area contributed by atoms with Gasteiger partial charge in [-0.3, -0.25) is 14.5 Å². The van der Waals surface area contributed by atoms with E-state index in [9.17, 15) is 19.5 Å². The predicted molar refractivity (Wildman–Crippen MR) is 123 cm³/mol. The number of rotatable bonds is 10. The van der Waals surface area contributed by atoms with Crippen LogP contribution in [-0.2, 0) is 14.4 Å². The van der Waals surface area contributed by atoms with Gasteiger partial charge in [0.25, 0.3) is 5.91 Å². The van der Waals surface area contributed by atoms with Gasteiger partial charge in [0.05, 0.1) is 18.6 Å². The maximum atomic E-state index is 12.8. The van der Waals surface area contributed by atoms with Gasteiger partial charge < -0.3 is 19.9 Å². The van der Waals surface area contributed by atoms with Gasteiger partial charge >= 0.3 is 5.97 Å². The molecular weight excluding hydrogens is 440 g/mol. The highest BCUT2D eigenvalue weighted by Crippen LogP contribution is 2.34. The van der Waals surface area contributed by atoms with Gasteiger partial charge in [0.1, 0.15) is 10.4 Å². The number of amides is 2. The molecule has 0 saturated carbocycles. The fourth-order valence-electron chi connectivity index (χ4n) is 2.87. The molecule has 1 saturated heterocycles. The molecule has 1 aliphatic heterocycles. The quantitative estimate of drug-likeness (QED) is 0.401. The maximum absolute atomic E-state index is 12.8. The highest BCUT2D eigenvalue weighted by atomic mass is 32.2. The molecule has 2 amide bonds. The minimum absolute atomic E-state index is 0.0485. The van der Waals surface area contributed by atoms with Crippen LogP contribution in [-0.4, -0.2) is 58.4 Å². The predicted octanol–water partition coefficient (Wildman–Crippen LogP) is 2.91. The molecule has 31 heavy (non-hydrogen) atoms. The highest BCUT2D eigenvalue weighted by molar-refractivity contribution is 8.26. The molecule has 2 rings (SSSR count). The van der Waals surface area contributed by atoms with E-state index in [1.165, 1.54) is 4.90 Å². The number of thiocarbonyl (C=S) groups is 1. The van der Waals surface area contributed by atoms with Gasteiger partial charge in [0, 0.05) is 13.0 Å². The van der Waals surface area contributed by atoms with E-state index in [0.717, 1.165) is 17.3 Å². The number of carboxylic acid groups (broad SMARTS) is 1. The van der Waals surface area contributed by atoms with Crippen LogP contribution in [0.15, 0.2) is 23.1 Å². The fraction of sp³-hybridized carbons (Fsp3) is 0.429. The molecule has 10 heteroatoms. The molecule has 1 aromatic rings. The number of hydrogen-bond donors (Lipinski definition) is 2. The summed E-state index contributed by atoms with van der Waals surface area (Å²) in [6, 6.07) is 4.37. The van der Waals surface area contributed by atoms with Crippen LogP contribution in [0.3, 0.4) is 0 Å². The minimum Gasteiger partial charge on any atom is -0.493 e. The van der Waals surface area contributed by atoms with E-state index in [1.807, 2.05) is 13.0 Å². The third-order valence-electron chi connectivity index (χ3n) is 4.47. The Bertz CT molecular complexity index is 900. The molecule has 0 bridgehead atoms. The second-order valence-electron chi connectivity index (χ2n) is 7.05.